The third kappa shape index (κ3) is 3.00. The highest BCUT2D eigenvalue weighted by Crippen LogP contribution is 2.38. The van der Waals surface area contributed by atoms with Crippen molar-refractivity contribution in [3.8, 4) is 19.5 Å². The smallest absolute Gasteiger partial charge is 0.114 e. The lowest BCUT2D eigenvalue weighted by molar-refractivity contribution is 0.160. The SMILES string of the molecule is CCO/N=C\c1ccc(-c2ccc(-c3cccs3)s2)s1. The first-order chi connectivity index (χ1) is 9.86. The summed E-state index contributed by atoms with van der Waals surface area (Å²) in [7, 11) is 0. The van der Waals surface area contributed by atoms with Crippen LogP contribution >= 0.6 is 34.0 Å². The molecule has 0 aliphatic rings. The van der Waals surface area contributed by atoms with Crippen molar-refractivity contribution >= 4 is 40.2 Å². The summed E-state index contributed by atoms with van der Waals surface area (Å²) in [5.41, 5.74) is 0. The summed E-state index contributed by atoms with van der Waals surface area (Å²) in [5.74, 6) is 0. The summed E-state index contributed by atoms with van der Waals surface area (Å²) in [6, 6.07) is 12.9. The van der Waals surface area contributed by atoms with Gasteiger partial charge in [0.2, 0.25) is 0 Å². The topological polar surface area (TPSA) is 21.6 Å². The second-order valence-electron chi connectivity index (χ2n) is 4.00. The molecule has 102 valence electrons. The molecule has 0 N–H and O–H groups in total. The number of hydrogen-bond donors (Lipinski definition) is 0. The first-order valence-electron chi connectivity index (χ1n) is 6.26. The van der Waals surface area contributed by atoms with Crippen LogP contribution < -0.4 is 0 Å². The maximum absolute atomic E-state index is 4.99. The van der Waals surface area contributed by atoms with Gasteiger partial charge in [0, 0.05) is 24.4 Å². The van der Waals surface area contributed by atoms with Gasteiger partial charge in [0.05, 0.1) is 6.21 Å². The number of hydrogen-bond acceptors (Lipinski definition) is 5. The minimum Gasteiger partial charge on any atom is -0.396 e. The van der Waals surface area contributed by atoms with Crippen LogP contribution in [0.25, 0.3) is 19.5 Å². The van der Waals surface area contributed by atoms with E-state index in [9.17, 15) is 0 Å². The van der Waals surface area contributed by atoms with Gasteiger partial charge in [-0.05, 0) is 42.6 Å². The van der Waals surface area contributed by atoms with Crippen molar-refractivity contribution in [2.45, 2.75) is 6.92 Å². The molecule has 3 rings (SSSR count). The molecule has 0 radical (unpaired) electrons. The van der Waals surface area contributed by atoms with E-state index in [4.69, 9.17) is 4.84 Å². The Balaban J connectivity index is 1.80. The molecule has 3 aromatic heterocycles. The molecule has 0 saturated carbocycles. The number of nitrogens with zero attached hydrogens (tertiary/aromatic N) is 1. The van der Waals surface area contributed by atoms with Gasteiger partial charge < -0.3 is 4.84 Å². The van der Waals surface area contributed by atoms with Gasteiger partial charge in [0.25, 0.3) is 0 Å². The van der Waals surface area contributed by atoms with E-state index in [0.717, 1.165) is 4.88 Å². The van der Waals surface area contributed by atoms with Crippen LogP contribution in [0.2, 0.25) is 0 Å². The molecule has 0 unspecified atom stereocenters. The Morgan fingerprint density at radius 2 is 1.75 bits per heavy atom. The Kier molecular flexibility index (Phi) is 4.30. The molecule has 0 aliphatic carbocycles. The fourth-order valence-electron chi connectivity index (χ4n) is 1.74. The average molecular weight is 319 g/mol. The van der Waals surface area contributed by atoms with E-state index in [0.29, 0.717) is 6.61 Å². The summed E-state index contributed by atoms with van der Waals surface area (Å²) < 4.78 is 0. The zero-order valence-corrected chi connectivity index (χ0v) is 13.4. The molecule has 3 aromatic rings. The minimum atomic E-state index is 0.601. The molecule has 0 aliphatic heterocycles. The summed E-state index contributed by atoms with van der Waals surface area (Å²) in [6.45, 7) is 2.53. The monoisotopic (exact) mass is 319 g/mol. The van der Waals surface area contributed by atoms with Crippen molar-refractivity contribution < 1.29 is 4.84 Å². The first-order valence-corrected chi connectivity index (χ1v) is 8.77. The highest BCUT2D eigenvalue weighted by molar-refractivity contribution is 7.26. The van der Waals surface area contributed by atoms with Crippen molar-refractivity contribution in [2.75, 3.05) is 6.61 Å². The Labute approximate surface area is 130 Å². The fourth-order valence-corrected chi connectivity index (χ4v) is 4.54. The normalized spacial score (nSPS) is 11.2. The number of thiophene rings is 3. The van der Waals surface area contributed by atoms with Crippen molar-refractivity contribution in [3.63, 3.8) is 0 Å². The lowest BCUT2D eigenvalue weighted by atomic mass is 10.3. The van der Waals surface area contributed by atoms with E-state index in [1.54, 1.807) is 28.9 Å². The third-order valence-electron chi connectivity index (χ3n) is 2.62. The molecule has 5 heteroatoms. The van der Waals surface area contributed by atoms with Crippen molar-refractivity contribution in [3.05, 3.63) is 46.7 Å². The Morgan fingerprint density at radius 3 is 2.50 bits per heavy atom. The van der Waals surface area contributed by atoms with Crippen LogP contribution in [0.15, 0.2) is 46.9 Å². The number of oxime groups is 1. The standard InChI is InChI=1S/C15H13NOS3/c1-2-17-16-10-11-5-6-14(19-11)15-8-7-13(20-15)12-4-3-9-18-12/h3-10H,2H2,1H3/b16-10-. The molecular formula is C15H13NOS3. The van der Waals surface area contributed by atoms with Crippen LogP contribution in [0.3, 0.4) is 0 Å². The molecule has 0 spiro atoms. The molecule has 0 atom stereocenters. The van der Waals surface area contributed by atoms with E-state index < -0.39 is 0 Å². The van der Waals surface area contributed by atoms with Gasteiger partial charge in [0.1, 0.15) is 6.61 Å². The predicted octanol–water partition coefficient (Wildman–Crippen LogP) is 5.58. The largest absolute Gasteiger partial charge is 0.396 e. The maximum atomic E-state index is 4.99. The van der Waals surface area contributed by atoms with E-state index in [1.165, 1.54) is 19.5 Å². The van der Waals surface area contributed by atoms with Crippen LogP contribution in [0.4, 0.5) is 0 Å². The van der Waals surface area contributed by atoms with Crippen molar-refractivity contribution in [1.29, 1.82) is 0 Å². The third-order valence-corrected chi connectivity index (χ3v) is 5.99. The van der Waals surface area contributed by atoms with Crippen molar-refractivity contribution in [2.24, 2.45) is 5.16 Å². The molecular weight excluding hydrogens is 306 g/mol. The quantitative estimate of drug-likeness (QED) is 0.444. The average Bonchev–Trinajstić information content (AvgIpc) is 3.19. The van der Waals surface area contributed by atoms with Crippen molar-refractivity contribution in [1.82, 2.24) is 0 Å². The van der Waals surface area contributed by atoms with Crippen LogP contribution in [0.1, 0.15) is 11.8 Å². The summed E-state index contributed by atoms with van der Waals surface area (Å²) in [4.78, 5) is 11.3. The Bertz CT molecular complexity index is 694. The fraction of sp³-hybridized carbons (Fsp3) is 0.133. The predicted molar refractivity (Wildman–Crippen MR) is 90.2 cm³/mol. The van der Waals surface area contributed by atoms with Gasteiger partial charge in [-0.3, -0.25) is 0 Å². The van der Waals surface area contributed by atoms with Gasteiger partial charge in [-0.25, -0.2) is 0 Å². The highest BCUT2D eigenvalue weighted by atomic mass is 32.1. The summed E-state index contributed by atoms with van der Waals surface area (Å²) >= 11 is 5.34. The van der Waals surface area contributed by atoms with E-state index in [2.05, 4.69) is 46.9 Å². The zero-order valence-electron chi connectivity index (χ0n) is 10.9. The number of rotatable bonds is 5. The van der Waals surface area contributed by atoms with Crippen LogP contribution in [0.5, 0.6) is 0 Å². The lowest BCUT2D eigenvalue weighted by Crippen LogP contribution is -1.79. The van der Waals surface area contributed by atoms with Crippen LogP contribution in [-0.4, -0.2) is 12.8 Å². The Morgan fingerprint density at radius 1 is 1.00 bits per heavy atom. The van der Waals surface area contributed by atoms with Gasteiger partial charge in [-0.2, -0.15) is 0 Å². The van der Waals surface area contributed by atoms with Gasteiger partial charge >= 0.3 is 0 Å². The molecule has 0 bridgehead atoms. The lowest BCUT2D eigenvalue weighted by Gasteiger charge is -1.90. The van der Waals surface area contributed by atoms with E-state index in [-0.39, 0.29) is 0 Å². The van der Waals surface area contributed by atoms with Crippen LogP contribution in [0, 0.1) is 0 Å². The molecule has 0 fully saturated rings. The minimum absolute atomic E-state index is 0.601. The summed E-state index contributed by atoms with van der Waals surface area (Å²) in [5, 5.41) is 6.02. The highest BCUT2D eigenvalue weighted by Gasteiger charge is 2.07. The van der Waals surface area contributed by atoms with Gasteiger partial charge in [-0.1, -0.05) is 11.2 Å². The summed E-state index contributed by atoms with van der Waals surface area (Å²) in [6.07, 6.45) is 1.77. The van der Waals surface area contributed by atoms with Gasteiger partial charge in [-0.15, -0.1) is 34.0 Å². The molecule has 0 saturated heterocycles. The first kappa shape index (κ1) is 13.5. The maximum Gasteiger partial charge on any atom is 0.114 e. The molecule has 3 heterocycles. The van der Waals surface area contributed by atoms with Crippen LogP contribution in [-0.2, 0) is 4.84 Å². The second kappa shape index (κ2) is 6.35. The second-order valence-corrected chi connectivity index (χ2v) is 7.14. The molecule has 0 aromatic carbocycles. The zero-order chi connectivity index (χ0) is 13.8. The molecule has 20 heavy (non-hydrogen) atoms. The van der Waals surface area contributed by atoms with E-state index >= 15 is 0 Å². The Hall–Kier alpha value is -1.43. The van der Waals surface area contributed by atoms with E-state index in [1.807, 2.05) is 18.3 Å². The molecule has 2 nitrogen and oxygen atoms in total. The molecule has 0 amide bonds. The van der Waals surface area contributed by atoms with Gasteiger partial charge in [0.15, 0.2) is 0 Å².